The summed E-state index contributed by atoms with van der Waals surface area (Å²) in [6, 6.07) is 0. The number of hydrogen-bond acceptors (Lipinski definition) is 9. The first kappa shape index (κ1) is 59.8. The van der Waals surface area contributed by atoms with Gasteiger partial charge in [0.1, 0.15) is 25.9 Å². The maximum absolute atomic E-state index is 13.2. The summed E-state index contributed by atoms with van der Waals surface area (Å²) in [6.07, 6.45) is 32.5. The van der Waals surface area contributed by atoms with Gasteiger partial charge in [-0.2, -0.15) is 0 Å². The molecule has 0 aromatic rings. The molecule has 0 spiro atoms. The molecule has 3 saturated carbocycles. The lowest BCUT2D eigenvalue weighted by Crippen LogP contribution is -2.51. The summed E-state index contributed by atoms with van der Waals surface area (Å²) in [7, 11) is 1.32. The number of unbranched alkanes of at least 4 members (excludes halogenated alkanes) is 14. The van der Waals surface area contributed by atoms with Gasteiger partial charge in [0, 0.05) is 12.8 Å². The number of fused-ring (bicyclic) bond motifs is 5. The number of phosphoric ester groups is 1. The Bertz CT molecular complexity index is 1610. The van der Waals surface area contributed by atoms with E-state index in [4.69, 9.17) is 23.3 Å². The molecule has 0 bridgehead atoms. The number of carbonyl (C=O) groups excluding carboxylic acids is 3. The summed E-state index contributed by atoms with van der Waals surface area (Å²) in [6.45, 7) is 14.2. The minimum atomic E-state index is -4.49. The third kappa shape index (κ3) is 20.6. The summed E-state index contributed by atoms with van der Waals surface area (Å²) >= 11 is 0. The summed E-state index contributed by atoms with van der Waals surface area (Å²) in [5.41, 5.74) is 2.03. The van der Waals surface area contributed by atoms with Crippen LogP contribution in [0.5, 0.6) is 0 Å². The molecule has 69 heavy (non-hydrogen) atoms. The van der Waals surface area contributed by atoms with Gasteiger partial charge in [-0.05, 0) is 97.7 Å². The van der Waals surface area contributed by atoms with Crippen LogP contribution in [0.15, 0.2) is 11.6 Å². The van der Waals surface area contributed by atoms with Gasteiger partial charge in [-0.15, -0.1) is 0 Å². The molecule has 0 aromatic heterocycles. The Morgan fingerprint density at radius 3 is 1.97 bits per heavy atom. The Kier molecular flexibility index (Phi) is 25.8. The quantitative estimate of drug-likeness (QED) is 0.0163. The van der Waals surface area contributed by atoms with Crippen molar-refractivity contribution in [3.05, 3.63) is 11.6 Å². The van der Waals surface area contributed by atoms with E-state index in [0.717, 1.165) is 74.5 Å². The molecule has 0 saturated heterocycles. The fourth-order valence-corrected chi connectivity index (χ4v) is 13.8. The molecule has 0 aromatic carbocycles. The summed E-state index contributed by atoms with van der Waals surface area (Å²) in [4.78, 5) is 49.4. The van der Waals surface area contributed by atoms with Crippen LogP contribution in [-0.2, 0) is 42.2 Å². The topological polar surface area (TPSA) is 135 Å². The van der Waals surface area contributed by atoms with Crippen molar-refractivity contribution in [2.45, 2.75) is 240 Å². The van der Waals surface area contributed by atoms with Gasteiger partial charge in [0.15, 0.2) is 6.10 Å². The van der Waals surface area contributed by atoms with Crippen LogP contribution in [0.25, 0.3) is 0 Å². The zero-order chi connectivity index (χ0) is 50.5. The van der Waals surface area contributed by atoms with Crippen molar-refractivity contribution in [1.82, 2.24) is 0 Å². The highest BCUT2D eigenvalue weighted by Crippen LogP contribution is 2.67. The maximum Gasteiger partial charge on any atom is 0.472 e. The van der Waals surface area contributed by atoms with Crippen molar-refractivity contribution in [2.24, 2.45) is 46.3 Å². The zero-order valence-electron chi connectivity index (χ0n) is 45.5. The van der Waals surface area contributed by atoms with E-state index in [9.17, 15) is 23.8 Å². The number of phosphoric acid groups is 1. The van der Waals surface area contributed by atoms with E-state index >= 15 is 0 Å². The second kappa shape index (κ2) is 29.8. The third-order valence-corrected chi connectivity index (χ3v) is 18.2. The van der Waals surface area contributed by atoms with Crippen LogP contribution in [0.2, 0.25) is 0 Å². The third-order valence-electron chi connectivity index (χ3n) is 17.2. The number of allylic oxidation sites excluding steroid dienone is 1. The average Bonchev–Trinajstić information content (AvgIpc) is 3.64. The van der Waals surface area contributed by atoms with Gasteiger partial charge in [0.2, 0.25) is 0 Å². The Hall–Kier alpha value is -1.78. The van der Waals surface area contributed by atoms with E-state index in [1.807, 2.05) is 21.1 Å². The van der Waals surface area contributed by atoms with Crippen molar-refractivity contribution in [3.8, 4) is 0 Å². The largest absolute Gasteiger partial charge is 0.472 e. The summed E-state index contributed by atoms with van der Waals surface area (Å²) < 4.78 is 40.7. The van der Waals surface area contributed by atoms with Gasteiger partial charge < -0.3 is 23.6 Å². The molecular weight excluding hydrogens is 890 g/mol. The molecule has 0 aliphatic heterocycles. The lowest BCUT2D eigenvalue weighted by Gasteiger charge is -2.58. The minimum Gasteiger partial charge on any atom is -0.462 e. The number of rotatable bonds is 35. The standard InChI is InChI=1S/C57H102NO10P/c1-10-11-12-13-14-15-16-17-18-19-20-21-22-23-24-28-53(59)64-42-48(43-66-69(62,63)65-40-39-58(7,8)9)68-55(61)34-33-54(60)67-47-35-37-56(5)46(41-47)29-30-49-51-32-31-50(45(4)27-25-26-44(2)3)57(51,6)38-36-52(49)56/h29,44-45,47-52H,10-28,30-43H2,1-9H3/p+1/t45-,47+,48?,49+,50-,51+,52+,56+,57-/m1/s1. The SMILES string of the molecule is CCCCCCCCCCCCCCCCCC(=O)OCC(COP(=O)(O)OCC[N+](C)(C)C)OC(=O)CCC(=O)O[C@H]1CC[C@@]2(C)C(=CC[C@H]3[C@@H]4CC[C@H]([C@H](C)CCCC(C)C)[C@@]4(C)CC[C@@H]32)C1. The molecule has 2 unspecified atom stereocenters. The summed E-state index contributed by atoms with van der Waals surface area (Å²) in [5.74, 6) is 3.02. The molecule has 4 rings (SSSR count). The number of nitrogens with zero attached hydrogens (tertiary/aromatic N) is 1. The maximum atomic E-state index is 13.2. The van der Waals surface area contributed by atoms with Gasteiger partial charge in [-0.1, -0.05) is 162 Å². The Morgan fingerprint density at radius 1 is 0.725 bits per heavy atom. The van der Waals surface area contributed by atoms with E-state index in [1.54, 1.807) is 0 Å². The Balaban J connectivity index is 1.18. The van der Waals surface area contributed by atoms with Gasteiger partial charge in [-0.3, -0.25) is 23.4 Å². The lowest BCUT2D eigenvalue weighted by atomic mass is 9.47. The van der Waals surface area contributed by atoms with Crippen molar-refractivity contribution < 1.29 is 51.6 Å². The zero-order valence-corrected chi connectivity index (χ0v) is 46.4. The molecule has 11 nitrogen and oxygen atoms in total. The number of esters is 3. The first-order chi connectivity index (χ1) is 32.8. The number of hydrogen-bond donors (Lipinski definition) is 1. The van der Waals surface area contributed by atoms with Crippen molar-refractivity contribution in [3.63, 3.8) is 0 Å². The van der Waals surface area contributed by atoms with Crippen LogP contribution in [0.1, 0.15) is 228 Å². The molecule has 0 radical (unpaired) electrons. The molecule has 4 aliphatic rings. The predicted octanol–water partition coefficient (Wildman–Crippen LogP) is 14.3. The fraction of sp³-hybridized carbons (Fsp3) is 0.912. The van der Waals surface area contributed by atoms with Crippen LogP contribution in [0, 0.1) is 46.3 Å². The van der Waals surface area contributed by atoms with Gasteiger partial charge in [0.05, 0.1) is 40.6 Å². The highest BCUT2D eigenvalue weighted by Gasteiger charge is 2.59. The first-order valence-electron chi connectivity index (χ1n) is 28.4. The van der Waals surface area contributed by atoms with Crippen molar-refractivity contribution in [1.29, 1.82) is 0 Å². The average molecular weight is 993 g/mol. The van der Waals surface area contributed by atoms with Crippen molar-refractivity contribution >= 4 is 25.7 Å². The first-order valence-corrected chi connectivity index (χ1v) is 29.9. The monoisotopic (exact) mass is 993 g/mol. The lowest BCUT2D eigenvalue weighted by molar-refractivity contribution is -0.870. The number of ether oxygens (including phenoxy) is 3. The highest BCUT2D eigenvalue weighted by atomic mass is 31.2. The molecule has 3 fully saturated rings. The smallest absolute Gasteiger partial charge is 0.462 e. The van der Waals surface area contributed by atoms with Crippen LogP contribution in [-0.4, -0.2) is 87.0 Å². The molecule has 0 heterocycles. The second-order valence-electron chi connectivity index (χ2n) is 24.3. The number of quaternary nitrogens is 1. The Morgan fingerprint density at radius 2 is 1.35 bits per heavy atom. The van der Waals surface area contributed by atoms with Crippen LogP contribution < -0.4 is 0 Å². The number of likely N-dealkylation sites (N-methyl/N-ethyl adjacent to an activating group) is 1. The molecule has 400 valence electrons. The molecule has 12 heteroatoms. The van der Waals surface area contributed by atoms with Gasteiger partial charge in [0.25, 0.3) is 0 Å². The van der Waals surface area contributed by atoms with Gasteiger partial charge in [-0.25, -0.2) is 4.57 Å². The normalized spacial score (nSPS) is 27.3. The Labute approximate surface area is 421 Å². The van der Waals surface area contributed by atoms with Gasteiger partial charge >= 0.3 is 25.7 Å². The molecule has 0 amide bonds. The second-order valence-corrected chi connectivity index (χ2v) is 25.7. The van der Waals surface area contributed by atoms with E-state index in [1.165, 1.54) is 121 Å². The minimum absolute atomic E-state index is 0.0186. The number of carbonyl (C=O) groups is 3. The highest BCUT2D eigenvalue weighted by molar-refractivity contribution is 7.47. The van der Waals surface area contributed by atoms with E-state index in [0.29, 0.717) is 28.8 Å². The molecule has 1 N–H and O–H groups in total. The fourth-order valence-electron chi connectivity index (χ4n) is 13.1. The molecule has 10 atom stereocenters. The molecular formula is C57H103NO10P+. The van der Waals surface area contributed by atoms with E-state index in [2.05, 4.69) is 47.6 Å². The van der Waals surface area contributed by atoms with Crippen LogP contribution in [0.4, 0.5) is 0 Å². The summed E-state index contributed by atoms with van der Waals surface area (Å²) in [5, 5.41) is 0. The van der Waals surface area contributed by atoms with Crippen LogP contribution in [0.3, 0.4) is 0 Å². The van der Waals surface area contributed by atoms with E-state index < -0.39 is 38.4 Å². The predicted molar refractivity (Wildman–Crippen MR) is 277 cm³/mol. The molecule has 4 aliphatic carbocycles. The van der Waals surface area contributed by atoms with Crippen molar-refractivity contribution in [2.75, 3.05) is 47.5 Å². The van der Waals surface area contributed by atoms with E-state index in [-0.39, 0.29) is 44.0 Å². The van der Waals surface area contributed by atoms with Crippen LogP contribution >= 0.6 is 7.82 Å².